The molecular weight excluding hydrogens is 288 g/mol. The Hall–Kier alpha value is -1.58. The van der Waals surface area contributed by atoms with Crippen molar-refractivity contribution in [2.45, 2.75) is 6.54 Å². The summed E-state index contributed by atoms with van der Waals surface area (Å²) in [6.45, 7) is 0.254. The minimum absolute atomic E-state index is 0.0867. The fourth-order valence-corrected chi connectivity index (χ4v) is 2.09. The van der Waals surface area contributed by atoms with Crippen molar-refractivity contribution in [2.24, 2.45) is 0 Å². The Morgan fingerprint density at radius 2 is 1.89 bits per heavy atom. The van der Waals surface area contributed by atoms with Crippen LogP contribution in [0.15, 0.2) is 42.5 Å². The van der Waals surface area contributed by atoms with E-state index < -0.39 is 11.7 Å². The smallest absolute Gasteiger partial charge is 0.256 e. The molecule has 0 aliphatic heterocycles. The highest BCUT2D eigenvalue weighted by atomic mass is 35.5. The number of rotatable bonds is 3. The van der Waals surface area contributed by atoms with E-state index in [0.717, 1.165) is 5.56 Å². The van der Waals surface area contributed by atoms with Gasteiger partial charge in [-0.1, -0.05) is 41.4 Å². The van der Waals surface area contributed by atoms with E-state index in [2.05, 4.69) is 5.32 Å². The van der Waals surface area contributed by atoms with Crippen molar-refractivity contribution in [3.05, 3.63) is 69.5 Å². The third-order valence-corrected chi connectivity index (χ3v) is 3.08. The first-order chi connectivity index (χ1) is 9.08. The minimum atomic E-state index is -0.643. The van der Waals surface area contributed by atoms with Gasteiger partial charge in [0, 0.05) is 11.6 Å². The summed E-state index contributed by atoms with van der Waals surface area (Å²) in [5, 5.41) is 3.27. The van der Waals surface area contributed by atoms with Gasteiger partial charge in [-0.05, 0) is 29.8 Å². The normalized spacial score (nSPS) is 10.3. The molecule has 98 valence electrons. The molecule has 5 heteroatoms. The van der Waals surface area contributed by atoms with Gasteiger partial charge in [-0.3, -0.25) is 4.79 Å². The van der Waals surface area contributed by atoms with Gasteiger partial charge in [0.05, 0.1) is 10.6 Å². The molecule has 0 bridgehead atoms. The number of hydrogen-bond acceptors (Lipinski definition) is 1. The molecule has 2 rings (SSSR count). The number of benzene rings is 2. The predicted molar refractivity (Wildman–Crippen MR) is 74.0 cm³/mol. The molecule has 0 heterocycles. The van der Waals surface area contributed by atoms with Crippen LogP contribution in [0.2, 0.25) is 10.0 Å². The molecule has 0 aliphatic rings. The molecule has 0 radical (unpaired) electrons. The van der Waals surface area contributed by atoms with Crippen LogP contribution in [0, 0.1) is 5.82 Å². The van der Waals surface area contributed by atoms with Gasteiger partial charge in [-0.25, -0.2) is 4.39 Å². The van der Waals surface area contributed by atoms with Gasteiger partial charge in [0.2, 0.25) is 0 Å². The Labute approximate surface area is 120 Å². The lowest BCUT2D eigenvalue weighted by Gasteiger charge is -2.08. The van der Waals surface area contributed by atoms with E-state index in [9.17, 15) is 9.18 Å². The molecule has 2 aromatic rings. The van der Waals surface area contributed by atoms with Crippen LogP contribution in [0.4, 0.5) is 4.39 Å². The van der Waals surface area contributed by atoms with Crippen LogP contribution < -0.4 is 5.32 Å². The van der Waals surface area contributed by atoms with E-state index in [-0.39, 0.29) is 17.1 Å². The van der Waals surface area contributed by atoms with E-state index in [1.54, 1.807) is 18.2 Å². The van der Waals surface area contributed by atoms with Gasteiger partial charge in [-0.15, -0.1) is 0 Å². The lowest BCUT2D eigenvalue weighted by Crippen LogP contribution is -2.24. The highest BCUT2D eigenvalue weighted by Gasteiger charge is 2.15. The van der Waals surface area contributed by atoms with Crippen LogP contribution in [0.1, 0.15) is 15.9 Å². The zero-order chi connectivity index (χ0) is 13.8. The molecule has 0 atom stereocenters. The maximum absolute atomic E-state index is 13.5. The Morgan fingerprint density at radius 3 is 2.58 bits per heavy atom. The SMILES string of the molecule is O=C(NCc1cccc(Cl)c1)c1c(F)cccc1Cl. The molecule has 2 aromatic carbocycles. The van der Waals surface area contributed by atoms with Gasteiger partial charge in [0.25, 0.3) is 5.91 Å². The van der Waals surface area contributed by atoms with Gasteiger partial charge in [0.15, 0.2) is 0 Å². The summed E-state index contributed by atoms with van der Waals surface area (Å²) in [5.41, 5.74) is 0.680. The predicted octanol–water partition coefficient (Wildman–Crippen LogP) is 4.06. The number of nitrogens with one attached hydrogen (secondary N) is 1. The van der Waals surface area contributed by atoms with Crippen molar-refractivity contribution in [2.75, 3.05) is 0 Å². The van der Waals surface area contributed by atoms with Crippen molar-refractivity contribution in [1.29, 1.82) is 0 Å². The Bertz CT molecular complexity index is 596. The molecule has 0 unspecified atom stereocenters. The van der Waals surface area contributed by atoms with Crippen LogP contribution in [0.25, 0.3) is 0 Å². The molecule has 0 aromatic heterocycles. The molecule has 0 aliphatic carbocycles. The fourth-order valence-electron chi connectivity index (χ4n) is 1.63. The lowest BCUT2D eigenvalue weighted by atomic mass is 10.2. The summed E-state index contributed by atoms with van der Waals surface area (Å²) in [7, 11) is 0. The van der Waals surface area contributed by atoms with Crippen LogP contribution in [0.3, 0.4) is 0 Å². The van der Waals surface area contributed by atoms with Crippen molar-refractivity contribution >= 4 is 29.1 Å². The van der Waals surface area contributed by atoms with E-state index in [0.29, 0.717) is 5.02 Å². The topological polar surface area (TPSA) is 29.1 Å². The number of amides is 1. The molecule has 0 spiro atoms. The molecule has 1 N–H and O–H groups in total. The second kappa shape index (κ2) is 6.04. The third kappa shape index (κ3) is 3.46. The third-order valence-electron chi connectivity index (χ3n) is 2.53. The van der Waals surface area contributed by atoms with Gasteiger partial charge < -0.3 is 5.32 Å². The number of halogens is 3. The summed E-state index contributed by atoms with van der Waals surface area (Å²) in [6.07, 6.45) is 0. The highest BCUT2D eigenvalue weighted by molar-refractivity contribution is 6.33. The summed E-state index contributed by atoms with van der Waals surface area (Å²) >= 11 is 11.6. The van der Waals surface area contributed by atoms with Gasteiger partial charge in [-0.2, -0.15) is 0 Å². The number of carbonyl (C=O) groups excluding carboxylic acids is 1. The molecule has 0 saturated carbocycles. The molecule has 2 nitrogen and oxygen atoms in total. The van der Waals surface area contributed by atoms with Crippen LogP contribution in [0.5, 0.6) is 0 Å². The zero-order valence-electron chi connectivity index (χ0n) is 9.79. The van der Waals surface area contributed by atoms with Crippen LogP contribution in [-0.2, 0) is 6.54 Å². The molecule has 1 amide bonds. The van der Waals surface area contributed by atoms with E-state index in [4.69, 9.17) is 23.2 Å². The first-order valence-corrected chi connectivity index (χ1v) is 6.30. The van der Waals surface area contributed by atoms with E-state index in [1.165, 1.54) is 18.2 Å². The zero-order valence-corrected chi connectivity index (χ0v) is 11.3. The Morgan fingerprint density at radius 1 is 1.16 bits per heavy atom. The second-order valence-electron chi connectivity index (χ2n) is 3.91. The summed E-state index contributed by atoms with van der Waals surface area (Å²) in [6, 6.07) is 11.2. The van der Waals surface area contributed by atoms with Crippen LogP contribution >= 0.6 is 23.2 Å². The largest absolute Gasteiger partial charge is 0.348 e. The Kier molecular flexibility index (Phi) is 4.40. The second-order valence-corrected chi connectivity index (χ2v) is 4.75. The molecule has 0 saturated heterocycles. The van der Waals surface area contributed by atoms with E-state index in [1.807, 2.05) is 6.07 Å². The first-order valence-electron chi connectivity index (χ1n) is 5.54. The van der Waals surface area contributed by atoms with Crippen molar-refractivity contribution in [3.8, 4) is 0 Å². The highest BCUT2D eigenvalue weighted by Crippen LogP contribution is 2.19. The minimum Gasteiger partial charge on any atom is -0.348 e. The fraction of sp³-hybridized carbons (Fsp3) is 0.0714. The summed E-state index contributed by atoms with van der Waals surface area (Å²) in [4.78, 5) is 11.9. The average Bonchev–Trinajstić information content (AvgIpc) is 2.36. The van der Waals surface area contributed by atoms with E-state index >= 15 is 0 Å². The van der Waals surface area contributed by atoms with Crippen molar-refractivity contribution < 1.29 is 9.18 Å². The maximum atomic E-state index is 13.5. The quantitative estimate of drug-likeness (QED) is 0.909. The molecular formula is C14H10Cl2FNO. The van der Waals surface area contributed by atoms with Crippen molar-refractivity contribution in [1.82, 2.24) is 5.32 Å². The molecule has 19 heavy (non-hydrogen) atoms. The lowest BCUT2D eigenvalue weighted by molar-refractivity contribution is 0.0947. The van der Waals surface area contributed by atoms with Crippen molar-refractivity contribution in [3.63, 3.8) is 0 Å². The monoisotopic (exact) mass is 297 g/mol. The standard InChI is InChI=1S/C14H10Cl2FNO/c15-10-4-1-3-9(7-10)8-18-14(19)13-11(16)5-2-6-12(13)17/h1-7H,8H2,(H,18,19). The summed E-state index contributed by atoms with van der Waals surface area (Å²) in [5.74, 6) is -1.20. The Balaban J connectivity index is 2.10. The first kappa shape index (κ1) is 13.8. The molecule has 0 fully saturated rings. The number of carbonyl (C=O) groups is 1. The average molecular weight is 298 g/mol. The maximum Gasteiger partial charge on any atom is 0.256 e. The van der Waals surface area contributed by atoms with Crippen LogP contribution in [-0.4, -0.2) is 5.91 Å². The van der Waals surface area contributed by atoms with Gasteiger partial charge in [0.1, 0.15) is 5.82 Å². The summed E-state index contributed by atoms with van der Waals surface area (Å²) < 4.78 is 13.5. The van der Waals surface area contributed by atoms with Gasteiger partial charge >= 0.3 is 0 Å². The number of hydrogen-bond donors (Lipinski definition) is 1.